The standard InChI is InChI=1S/C13H13ClO3/c1-13(16)8-10(12(15)17-13)5-2-9-3-6-11(14)7-4-9/h3-4,6-8,16H,2,5H2,1H3. The Bertz CT molecular complexity index is 460. The quantitative estimate of drug-likeness (QED) is 0.841. The van der Waals surface area contributed by atoms with Gasteiger partial charge in [-0.25, -0.2) is 4.79 Å². The first kappa shape index (κ1) is 12.1. The van der Waals surface area contributed by atoms with Crippen molar-refractivity contribution in [3.8, 4) is 0 Å². The summed E-state index contributed by atoms with van der Waals surface area (Å²) in [5, 5.41) is 10.2. The van der Waals surface area contributed by atoms with E-state index >= 15 is 0 Å². The molecule has 1 atom stereocenters. The minimum Gasteiger partial charge on any atom is -0.426 e. The van der Waals surface area contributed by atoms with E-state index in [2.05, 4.69) is 0 Å². The molecule has 3 nitrogen and oxygen atoms in total. The summed E-state index contributed by atoms with van der Waals surface area (Å²) >= 11 is 5.78. The zero-order valence-corrected chi connectivity index (χ0v) is 10.2. The molecule has 0 aromatic heterocycles. The number of carbonyl (C=O) groups excluding carboxylic acids is 1. The molecule has 0 fully saturated rings. The number of ether oxygens (including phenoxy) is 1. The van der Waals surface area contributed by atoms with Crippen molar-refractivity contribution < 1.29 is 14.6 Å². The van der Waals surface area contributed by atoms with Crippen LogP contribution in [0.4, 0.5) is 0 Å². The molecule has 0 saturated carbocycles. The van der Waals surface area contributed by atoms with Gasteiger partial charge in [0.1, 0.15) is 0 Å². The topological polar surface area (TPSA) is 46.5 Å². The second-order valence-corrected chi connectivity index (χ2v) is 4.68. The Morgan fingerprint density at radius 1 is 1.29 bits per heavy atom. The van der Waals surface area contributed by atoms with E-state index in [0.29, 0.717) is 23.4 Å². The lowest BCUT2D eigenvalue weighted by Gasteiger charge is -2.11. The zero-order chi connectivity index (χ0) is 12.5. The van der Waals surface area contributed by atoms with Crippen molar-refractivity contribution >= 4 is 17.6 Å². The highest BCUT2D eigenvalue weighted by atomic mass is 35.5. The molecule has 1 aromatic rings. The average Bonchev–Trinajstić information content (AvgIpc) is 2.51. The maximum Gasteiger partial charge on any atom is 0.336 e. The molecule has 1 unspecified atom stereocenters. The predicted octanol–water partition coefficient (Wildman–Crippen LogP) is 2.46. The molecule has 0 amide bonds. The average molecular weight is 253 g/mol. The van der Waals surface area contributed by atoms with E-state index in [0.717, 1.165) is 5.56 Å². The fourth-order valence-corrected chi connectivity index (χ4v) is 1.90. The number of cyclic esters (lactones) is 1. The summed E-state index contributed by atoms with van der Waals surface area (Å²) in [6.07, 6.45) is 2.73. The molecule has 1 aliphatic rings. The number of carbonyl (C=O) groups is 1. The van der Waals surface area contributed by atoms with Gasteiger partial charge in [0.05, 0.1) is 0 Å². The molecule has 2 rings (SSSR count). The van der Waals surface area contributed by atoms with Crippen LogP contribution in [0, 0.1) is 0 Å². The molecule has 1 aliphatic heterocycles. The Kier molecular flexibility index (Phi) is 3.22. The van der Waals surface area contributed by atoms with Crippen LogP contribution >= 0.6 is 11.6 Å². The van der Waals surface area contributed by atoms with Crippen LogP contribution in [0.15, 0.2) is 35.9 Å². The third-order valence-corrected chi connectivity index (χ3v) is 2.85. The van der Waals surface area contributed by atoms with Crippen LogP contribution < -0.4 is 0 Å². The summed E-state index contributed by atoms with van der Waals surface area (Å²) in [7, 11) is 0. The first-order valence-electron chi connectivity index (χ1n) is 5.38. The zero-order valence-electron chi connectivity index (χ0n) is 9.44. The number of esters is 1. The highest BCUT2D eigenvalue weighted by molar-refractivity contribution is 6.30. The SMILES string of the molecule is CC1(O)C=C(CCc2ccc(Cl)cc2)C(=O)O1. The number of aliphatic hydroxyl groups is 1. The minimum absolute atomic E-state index is 0.441. The van der Waals surface area contributed by atoms with Gasteiger partial charge in [0, 0.05) is 17.5 Å². The van der Waals surface area contributed by atoms with Crippen LogP contribution in [0.1, 0.15) is 18.9 Å². The highest BCUT2D eigenvalue weighted by Crippen LogP contribution is 2.25. The van der Waals surface area contributed by atoms with Gasteiger partial charge in [0.15, 0.2) is 0 Å². The first-order valence-corrected chi connectivity index (χ1v) is 5.76. The van der Waals surface area contributed by atoms with E-state index in [1.165, 1.54) is 13.0 Å². The number of aryl methyl sites for hydroxylation is 1. The second-order valence-electron chi connectivity index (χ2n) is 4.24. The minimum atomic E-state index is -1.45. The van der Waals surface area contributed by atoms with Crippen LogP contribution in [-0.4, -0.2) is 16.9 Å². The van der Waals surface area contributed by atoms with Crippen molar-refractivity contribution in [3.05, 3.63) is 46.5 Å². The Labute approximate surface area is 105 Å². The predicted molar refractivity (Wildman–Crippen MR) is 64.6 cm³/mol. The van der Waals surface area contributed by atoms with Crippen molar-refractivity contribution in [2.45, 2.75) is 25.6 Å². The molecule has 0 aliphatic carbocycles. The molecule has 0 saturated heterocycles. The molecule has 1 heterocycles. The number of benzene rings is 1. The van der Waals surface area contributed by atoms with Crippen molar-refractivity contribution in [1.29, 1.82) is 0 Å². The van der Waals surface area contributed by atoms with Crippen LogP contribution in [-0.2, 0) is 16.0 Å². The molecular weight excluding hydrogens is 240 g/mol. The summed E-state index contributed by atoms with van der Waals surface area (Å²) in [6.45, 7) is 1.44. The number of halogens is 1. The summed E-state index contributed by atoms with van der Waals surface area (Å²) in [5.41, 5.74) is 1.61. The molecular formula is C13H13ClO3. The third-order valence-electron chi connectivity index (χ3n) is 2.60. The Balaban J connectivity index is 1.99. The summed E-state index contributed by atoms with van der Waals surface area (Å²) in [5.74, 6) is -1.89. The monoisotopic (exact) mass is 252 g/mol. The molecule has 90 valence electrons. The Morgan fingerprint density at radius 2 is 1.94 bits per heavy atom. The largest absolute Gasteiger partial charge is 0.426 e. The van der Waals surface area contributed by atoms with Crippen molar-refractivity contribution in [2.75, 3.05) is 0 Å². The molecule has 1 N–H and O–H groups in total. The van der Waals surface area contributed by atoms with Gasteiger partial charge in [0.25, 0.3) is 0 Å². The van der Waals surface area contributed by atoms with Crippen LogP contribution in [0.25, 0.3) is 0 Å². The van der Waals surface area contributed by atoms with Gasteiger partial charge < -0.3 is 9.84 Å². The van der Waals surface area contributed by atoms with E-state index in [4.69, 9.17) is 16.3 Å². The maximum atomic E-state index is 11.4. The first-order chi connectivity index (χ1) is 7.96. The van der Waals surface area contributed by atoms with E-state index in [9.17, 15) is 9.90 Å². The molecule has 17 heavy (non-hydrogen) atoms. The number of hydrogen-bond donors (Lipinski definition) is 1. The molecule has 0 spiro atoms. The van der Waals surface area contributed by atoms with Gasteiger partial charge in [-0.15, -0.1) is 0 Å². The van der Waals surface area contributed by atoms with Gasteiger partial charge in [-0.2, -0.15) is 0 Å². The lowest BCUT2D eigenvalue weighted by Crippen LogP contribution is -2.22. The highest BCUT2D eigenvalue weighted by Gasteiger charge is 2.33. The van der Waals surface area contributed by atoms with Crippen molar-refractivity contribution in [3.63, 3.8) is 0 Å². The fourth-order valence-electron chi connectivity index (χ4n) is 1.77. The normalized spacial score (nSPS) is 23.5. The van der Waals surface area contributed by atoms with Crippen molar-refractivity contribution in [1.82, 2.24) is 0 Å². The smallest absolute Gasteiger partial charge is 0.336 e. The van der Waals surface area contributed by atoms with Crippen LogP contribution in [0.3, 0.4) is 0 Å². The van der Waals surface area contributed by atoms with E-state index in [-0.39, 0.29) is 0 Å². The Hall–Kier alpha value is -1.32. The lowest BCUT2D eigenvalue weighted by molar-refractivity contribution is -0.172. The Morgan fingerprint density at radius 3 is 2.47 bits per heavy atom. The molecule has 0 bridgehead atoms. The van der Waals surface area contributed by atoms with Gasteiger partial charge >= 0.3 is 5.97 Å². The van der Waals surface area contributed by atoms with Crippen molar-refractivity contribution in [2.24, 2.45) is 0 Å². The molecule has 0 radical (unpaired) electrons. The van der Waals surface area contributed by atoms with Crippen LogP contribution in [0.5, 0.6) is 0 Å². The molecule has 4 heteroatoms. The third kappa shape index (κ3) is 3.08. The summed E-state index contributed by atoms with van der Waals surface area (Å²) in [6, 6.07) is 7.46. The maximum absolute atomic E-state index is 11.4. The van der Waals surface area contributed by atoms with E-state index in [1.54, 1.807) is 0 Å². The van der Waals surface area contributed by atoms with Gasteiger partial charge in [-0.1, -0.05) is 23.7 Å². The number of hydrogen-bond acceptors (Lipinski definition) is 3. The van der Waals surface area contributed by atoms with E-state index < -0.39 is 11.8 Å². The summed E-state index contributed by atoms with van der Waals surface area (Å²) < 4.78 is 4.77. The fraction of sp³-hybridized carbons (Fsp3) is 0.308. The van der Waals surface area contributed by atoms with E-state index in [1.807, 2.05) is 24.3 Å². The molecule has 1 aromatic carbocycles. The lowest BCUT2D eigenvalue weighted by atomic mass is 10.0. The summed E-state index contributed by atoms with van der Waals surface area (Å²) in [4.78, 5) is 11.4. The van der Waals surface area contributed by atoms with Gasteiger partial charge in [-0.3, -0.25) is 0 Å². The van der Waals surface area contributed by atoms with Crippen LogP contribution in [0.2, 0.25) is 5.02 Å². The number of rotatable bonds is 3. The van der Waals surface area contributed by atoms with Gasteiger partial charge in [-0.05, 0) is 36.6 Å². The van der Waals surface area contributed by atoms with Gasteiger partial charge in [0.2, 0.25) is 5.79 Å². The second kappa shape index (κ2) is 4.51.